The van der Waals surface area contributed by atoms with Crippen molar-refractivity contribution in [2.75, 3.05) is 48.1 Å². The van der Waals surface area contributed by atoms with E-state index in [0.29, 0.717) is 54.6 Å². The smallest absolute Gasteiger partial charge is 0.252 e. The summed E-state index contributed by atoms with van der Waals surface area (Å²) >= 11 is 1.36. The Kier molecular flexibility index (Phi) is 8.53. The van der Waals surface area contributed by atoms with Crippen molar-refractivity contribution >= 4 is 37.5 Å². The number of hydrogen-bond acceptors (Lipinski definition) is 8. The van der Waals surface area contributed by atoms with Crippen LogP contribution in [0.5, 0.6) is 17.2 Å². The number of thiazole rings is 1. The Morgan fingerprint density at radius 2 is 1.76 bits per heavy atom. The molecule has 1 amide bonds. The van der Waals surface area contributed by atoms with Gasteiger partial charge < -0.3 is 23.5 Å². The van der Waals surface area contributed by atoms with E-state index >= 15 is 0 Å². The minimum Gasteiger partial charge on any atom is -0.497 e. The molecule has 0 aliphatic carbocycles. The van der Waals surface area contributed by atoms with Crippen molar-refractivity contribution < 1.29 is 32.2 Å². The van der Waals surface area contributed by atoms with Gasteiger partial charge in [0.05, 0.1) is 49.0 Å². The maximum absolute atomic E-state index is 13.3. The molecule has 1 aromatic heterocycles. The van der Waals surface area contributed by atoms with E-state index in [1.165, 1.54) is 34.9 Å². The fourth-order valence-electron chi connectivity index (χ4n) is 4.33. The van der Waals surface area contributed by atoms with Gasteiger partial charge in [-0.05, 0) is 37.1 Å². The summed E-state index contributed by atoms with van der Waals surface area (Å²) in [4.78, 5) is 18.5. The molecule has 3 aromatic rings. The van der Waals surface area contributed by atoms with Crippen molar-refractivity contribution in [3.63, 3.8) is 0 Å². The van der Waals surface area contributed by atoms with Gasteiger partial charge in [0.1, 0.15) is 5.75 Å². The molecule has 200 valence electrons. The second kappa shape index (κ2) is 11.6. The largest absolute Gasteiger partial charge is 0.497 e. The lowest BCUT2D eigenvalue weighted by atomic mass is 9.99. The van der Waals surface area contributed by atoms with Crippen LogP contribution in [0.15, 0.2) is 46.3 Å². The molecule has 2 heterocycles. The van der Waals surface area contributed by atoms with Crippen LogP contribution in [-0.4, -0.2) is 71.3 Å². The van der Waals surface area contributed by atoms with Crippen molar-refractivity contribution in [2.45, 2.75) is 24.3 Å². The van der Waals surface area contributed by atoms with E-state index in [-0.39, 0.29) is 17.3 Å². The monoisotopic (exact) mass is 549 g/mol. The van der Waals surface area contributed by atoms with Gasteiger partial charge in [-0.1, -0.05) is 11.3 Å². The van der Waals surface area contributed by atoms with E-state index in [9.17, 15) is 13.2 Å². The second-order valence-electron chi connectivity index (χ2n) is 8.53. The molecule has 1 aliphatic heterocycles. The first-order valence-corrected chi connectivity index (χ1v) is 14.0. The van der Waals surface area contributed by atoms with Gasteiger partial charge in [-0.15, -0.1) is 0 Å². The summed E-state index contributed by atoms with van der Waals surface area (Å²) < 4.78 is 51.9. The van der Waals surface area contributed by atoms with E-state index in [4.69, 9.17) is 18.9 Å². The van der Waals surface area contributed by atoms with Crippen molar-refractivity contribution in [1.82, 2.24) is 8.87 Å². The first-order chi connectivity index (χ1) is 17.8. The van der Waals surface area contributed by atoms with Crippen LogP contribution in [0.2, 0.25) is 0 Å². The molecule has 4 rings (SSSR count). The SMILES string of the molecule is COCCn1c(=NC(=O)C2CCCN(S(=O)(=O)c3ccc(OC)cc3)C2)sc2cc(OC)c(OC)cc21. The van der Waals surface area contributed by atoms with Gasteiger partial charge in [0.25, 0.3) is 5.91 Å². The predicted octanol–water partition coefficient (Wildman–Crippen LogP) is 2.90. The van der Waals surface area contributed by atoms with Gasteiger partial charge in [-0.25, -0.2) is 8.42 Å². The number of sulfonamides is 1. The van der Waals surface area contributed by atoms with Crippen molar-refractivity contribution in [2.24, 2.45) is 10.9 Å². The molecular formula is C25H31N3O7S2. The Balaban J connectivity index is 1.64. The number of ether oxygens (including phenoxy) is 4. The molecule has 37 heavy (non-hydrogen) atoms. The molecule has 0 radical (unpaired) electrons. The van der Waals surface area contributed by atoms with Crippen LogP contribution >= 0.6 is 11.3 Å². The molecule has 1 fully saturated rings. The minimum absolute atomic E-state index is 0.0846. The molecular weight excluding hydrogens is 518 g/mol. The van der Waals surface area contributed by atoms with Crippen LogP contribution in [0, 0.1) is 5.92 Å². The molecule has 1 atom stereocenters. The van der Waals surface area contributed by atoms with E-state index in [1.54, 1.807) is 33.5 Å². The highest BCUT2D eigenvalue weighted by Gasteiger charge is 2.33. The third-order valence-electron chi connectivity index (χ3n) is 6.34. The third-order valence-corrected chi connectivity index (χ3v) is 9.26. The van der Waals surface area contributed by atoms with Crippen molar-refractivity contribution in [3.05, 3.63) is 41.2 Å². The Bertz CT molecular complexity index is 1430. The van der Waals surface area contributed by atoms with Gasteiger partial charge >= 0.3 is 0 Å². The molecule has 2 aromatic carbocycles. The summed E-state index contributed by atoms with van der Waals surface area (Å²) in [5.41, 5.74) is 0.846. The zero-order chi connectivity index (χ0) is 26.6. The van der Waals surface area contributed by atoms with Crippen LogP contribution in [0.1, 0.15) is 12.8 Å². The Hall–Kier alpha value is -2.93. The zero-order valence-corrected chi connectivity index (χ0v) is 22.9. The fourth-order valence-corrected chi connectivity index (χ4v) is 6.92. The van der Waals surface area contributed by atoms with Crippen LogP contribution in [0.4, 0.5) is 0 Å². The number of carbonyl (C=O) groups excluding carboxylic acids is 1. The highest BCUT2D eigenvalue weighted by atomic mass is 32.2. The normalized spacial score (nSPS) is 17.2. The van der Waals surface area contributed by atoms with Gasteiger partial charge in [-0.3, -0.25) is 4.79 Å². The number of methoxy groups -OCH3 is 4. The summed E-state index contributed by atoms with van der Waals surface area (Å²) in [6.45, 7) is 1.36. The average Bonchev–Trinajstić information content (AvgIpc) is 3.26. The van der Waals surface area contributed by atoms with E-state index < -0.39 is 15.9 Å². The Labute approximate surface area is 220 Å². The molecule has 1 saturated heterocycles. The number of hydrogen-bond donors (Lipinski definition) is 0. The molecule has 0 spiro atoms. The van der Waals surface area contributed by atoms with Crippen LogP contribution in [0.3, 0.4) is 0 Å². The summed E-state index contributed by atoms with van der Waals surface area (Å²) in [6.07, 6.45) is 1.15. The highest BCUT2D eigenvalue weighted by Crippen LogP contribution is 2.33. The first kappa shape index (κ1) is 27.1. The summed E-state index contributed by atoms with van der Waals surface area (Å²) in [6, 6.07) is 9.96. The molecule has 1 unspecified atom stereocenters. The van der Waals surface area contributed by atoms with Crippen LogP contribution in [-0.2, 0) is 26.1 Å². The number of piperidine rings is 1. The van der Waals surface area contributed by atoms with Crippen LogP contribution < -0.4 is 19.0 Å². The number of rotatable bonds is 9. The third kappa shape index (κ3) is 5.66. The van der Waals surface area contributed by atoms with E-state index in [2.05, 4.69) is 4.99 Å². The number of aromatic nitrogens is 1. The first-order valence-electron chi connectivity index (χ1n) is 11.8. The molecule has 0 bridgehead atoms. The van der Waals surface area contributed by atoms with Crippen molar-refractivity contribution in [1.29, 1.82) is 0 Å². The zero-order valence-electron chi connectivity index (χ0n) is 21.3. The van der Waals surface area contributed by atoms with Gasteiger partial charge in [0.2, 0.25) is 10.0 Å². The maximum Gasteiger partial charge on any atom is 0.252 e. The number of benzene rings is 2. The maximum atomic E-state index is 13.3. The topological polar surface area (TPSA) is 109 Å². The lowest BCUT2D eigenvalue weighted by Crippen LogP contribution is -2.42. The summed E-state index contributed by atoms with van der Waals surface area (Å²) in [5, 5.41) is 0. The van der Waals surface area contributed by atoms with Gasteiger partial charge in [0.15, 0.2) is 16.3 Å². The van der Waals surface area contributed by atoms with Gasteiger partial charge in [-0.2, -0.15) is 9.30 Å². The number of amides is 1. The summed E-state index contributed by atoms with van der Waals surface area (Å²) in [5.74, 6) is 0.853. The second-order valence-corrected chi connectivity index (χ2v) is 11.5. The predicted molar refractivity (Wildman–Crippen MR) is 140 cm³/mol. The number of nitrogens with zero attached hydrogens (tertiary/aromatic N) is 3. The lowest BCUT2D eigenvalue weighted by Gasteiger charge is -2.30. The summed E-state index contributed by atoms with van der Waals surface area (Å²) in [7, 11) is 2.53. The average molecular weight is 550 g/mol. The standard InChI is InChI=1S/C25H31N3O7S2/c1-32-13-12-28-20-14-21(34-3)22(35-4)15-23(20)36-25(28)26-24(29)17-6-5-11-27(16-17)37(30,31)19-9-7-18(33-2)8-10-19/h7-10,14-15,17H,5-6,11-13,16H2,1-4H3. The van der Waals surface area contributed by atoms with E-state index in [1.807, 2.05) is 16.7 Å². The Morgan fingerprint density at radius 1 is 1.05 bits per heavy atom. The van der Waals surface area contributed by atoms with Crippen molar-refractivity contribution in [3.8, 4) is 17.2 Å². The quantitative estimate of drug-likeness (QED) is 0.404. The number of fused-ring (bicyclic) bond motifs is 1. The number of carbonyl (C=O) groups is 1. The lowest BCUT2D eigenvalue weighted by molar-refractivity contribution is -0.122. The molecule has 12 heteroatoms. The molecule has 0 N–H and O–H groups in total. The minimum atomic E-state index is -3.75. The fraction of sp³-hybridized carbons (Fsp3) is 0.440. The van der Waals surface area contributed by atoms with Gasteiger partial charge in [0, 0.05) is 38.9 Å². The molecule has 1 aliphatic rings. The van der Waals surface area contributed by atoms with Crippen LogP contribution in [0.25, 0.3) is 10.2 Å². The molecule has 0 saturated carbocycles. The van der Waals surface area contributed by atoms with E-state index in [0.717, 1.165) is 10.2 Å². The highest BCUT2D eigenvalue weighted by molar-refractivity contribution is 7.89. The Morgan fingerprint density at radius 3 is 2.41 bits per heavy atom. The molecule has 10 nitrogen and oxygen atoms in total.